The third-order valence-corrected chi connectivity index (χ3v) is 3.87. The van der Waals surface area contributed by atoms with Gasteiger partial charge >= 0.3 is 0 Å². The maximum atomic E-state index is 6.03. The van der Waals surface area contributed by atoms with Crippen LogP contribution in [0.1, 0.15) is 0 Å². The molecule has 1 aliphatic heterocycles. The van der Waals surface area contributed by atoms with E-state index in [9.17, 15) is 0 Å². The van der Waals surface area contributed by atoms with Crippen molar-refractivity contribution in [3.05, 3.63) is 27.2 Å². The van der Waals surface area contributed by atoms with Gasteiger partial charge < -0.3 is 10.1 Å². The van der Waals surface area contributed by atoms with Crippen molar-refractivity contribution in [2.45, 2.75) is 0 Å². The van der Waals surface area contributed by atoms with E-state index in [1.54, 1.807) is 12.1 Å². The lowest BCUT2D eigenvalue weighted by molar-refractivity contribution is 0.191. The molecule has 18 heavy (non-hydrogen) atoms. The van der Waals surface area contributed by atoms with Gasteiger partial charge in [0.05, 0.1) is 15.1 Å². The van der Waals surface area contributed by atoms with Crippen molar-refractivity contribution in [1.82, 2.24) is 10.2 Å². The van der Waals surface area contributed by atoms with Crippen molar-refractivity contribution >= 4 is 34.8 Å². The molecule has 100 valence electrons. The van der Waals surface area contributed by atoms with Crippen molar-refractivity contribution in [3.63, 3.8) is 0 Å². The van der Waals surface area contributed by atoms with Gasteiger partial charge in [-0.05, 0) is 6.07 Å². The van der Waals surface area contributed by atoms with Gasteiger partial charge in [-0.25, -0.2) is 0 Å². The molecule has 0 bridgehead atoms. The summed E-state index contributed by atoms with van der Waals surface area (Å²) in [6, 6.07) is 3.26. The number of rotatable bonds is 4. The van der Waals surface area contributed by atoms with Crippen LogP contribution in [0.3, 0.4) is 0 Å². The molecule has 0 radical (unpaired) electrons. The van der Waals surface area contributed by atoms with Gasteiger partial charge in [-0.2, -0.15) is 0 Å². The molecule has 0 spiro atoms. The SMILES string of the molecule is Clc1cc(Cl)c(OCCN2CCNCC2)cc1Cl. The minimum Gasteiger partial charge on any atom is -0.491 e. The molecule has 0 aliphatic carbocycles. The summed E-state index contributed by atoms with van der Waals surface area (Å²) >= 11 is 17.8. The first kappa shape index (κ1) is 14.2. The lowest BCUT2D eigenvalue weighted by Crippen LogP contribution is -2.44. The first-order valence-electron chi connectivity index (χ1n) is 5.87. The molecule has 0 saturated carbocycles. The molecular formula is C12H15Cl3N2O. The normalized spacial score (nSPS) is 16.8. The Morgan fingerprint density at radius 3 is 2.44 bits per heavy atom. The molecule has 1 N–H and O–H groups in total. The first-order valence-corrected chi connectivity index (χ1v) is 7.00. The van der Waals surface area contributed by atoms with E-state index < -0.39 is 0 Å². The van der Waals surface area contributed by atoms with E-state index in [1.807, 2.05) is 0 Å². The maximum Gasteiger partial charge on any atom is 0.139 e. The van der Waals surface area contributed by atoms with E-state index in [4.69, 9.17) is 39.5 Å². The number of hydrogen-bond donors (Lipinski definition) is 1. The van der Waals surface area contributed by atoms with E-state index in [0.717, 1.165) is 32.7 Å². The largest absolute Gasteiger partial charge is 0.491 e. The van der Waals surface area contributed by atoms with Gasteiger partial charge in [0.25, 0.3) is 0 Å². The topological polar surface area (TPSA) is 24.5 Å². The second-order valence-corrected chi connectivity index (χ2v) is 5.36. The van der Waals surface area contributed by atoms with Crippen LogP contribution in [0.4, 0.5) is 0 Å². The average Bonchev–Trinajstić information content (AvgIpc) is 2.37. The molecule has 1 saturated heterocycles. The molecule has 1 aromatic rings. The number of benzene rings is 1. The van der Waals surface area contributed by atoms with Gasteiger partial charge in [0, 0.05) is 38.8 Å². The van der Waals surface area contributed by atoms with E-state index >= 15 is 0 Å². The van der Waals surface area contributed by atoms with Crippen LogP contribution in [-0.2, 0) is 0 Å². The molecule has 2 rings (SSSR count). The van der Waals surface area contributed by atoms with Crippen molar-refractivity contribution in [2.24, 2.45) is 0 Å². The molecule has 1 aromatic carbocycles. The van der Waals surface area contributed by atoms with Crippen LogP contribution in [0.5, 0.6) is 5.75 Å². The van der Waals surface area contributed by atoms with Crippen molar-refractivity contribution in [2.75, 3.05) is 39.3 Å². The van der Waals surface area contributed by atoms with Crippen molar-refractivity contribution < 1.29 is 4.74 Å². The van der Waals surface area contributed by atoms with Crippen LogP contribution in [0.15, 0.2) is 12.1 Å². The number of halogens is 3. The summed E-state index contributed by atoms with van der Waals surface area (Å²) in [7, 11) is 0. The predicted octanol–water partition coefficient (Wildman–Crippen LogP) is 2.93. The summed E-state index contributed by atoms with van der Waals surface area (Å²) in [5.74, 6) is 0.584. The summed E-state index contributed by atoms with van der Waals surface area (Å²) in [4.78, 5) is 2.35. The van der Waals surface area contributed by atoms with Crippen LogP contribution < -0.4 is 10.1 Å². The number of piperazine rings is 1. The highest BCUT2D eigenvalue weighted by Crippen LogP contribution is 2.33. The summed E-state index contributed by atoms with van der Waals surface area (Å²) < 4.78 is 5.64. The number of hydrogen-bond acceptors (Lipinski definition) is 3. The van der Waals surface area contributed by atoms with E-state index in [-0.39, 0.29) is 0 Å². The van der Waals surface area contributed by atoms with E-state index in [2.05, 4.69) is 10.2 Å². The second kappa shape index (κ2) is 6.83. The molecule has 6 heteroatoms. The molecule has 0 atom stereocenters. The van der Waals surface area contributed by atoms with Crippen molar-refractivity contribution in [3.8, 4) is 5.75 Å². The van der Waals surface area contributed by atoms with Crippen LogP contribution in [-0.4, -0.2) is 44.2 Å². The van der Waals surface area contributed by atoms with Crippen LogP contribution in [0.25, 0.3) is 0 Å². The van der Waals surface area contributed by atoms with Crippen LogP contribution in [0.2, 0.25) is 15.1 Å². The van der Waals surface area contributed by atoms with Gasteiger partial charge in [-0.15, -0.1) is 0 Å². The lowest BCUT2D eigenvalue weighted by atomic mass is 10.3. The molecule has 0 amide bonds. The number of ether oxygens (including phenoxy) is 1. The minimum atomic E-state index is 0.441. The summed E-state index contributed by atoms with van der Waals surface area (Å²) in [6.07, 6.45) is 0. The lowest BCUT2D eigenvalue weighted by Gasteiger charge is -2.27. The monoisotopic (exact) mass is 308 g/mol. The molecular weight excluding hydrogens is 295 g/mol. The van der Waals surface area contributed by atoms with Gasteiger partial charge in [0.2, 0.25) is 0 Å². The summed E-state index contributed by atoms with van der Waals surface area (Å²) in [5, 5.41) is 4.70. The van der Waals surface area contributed by atoms with Gasteiger partial charge in [-0.1, -0.05) is 34.8 Å². The highest BCUT2D eigenvalue weighted by molar-refractivity contribution is 6.43. The second-order valence-electron chi connectivity index (χ2n) is 4.14. The first-order chi connectivity index (χ1) is 8.66. The number of nitrogens with zero attached hydrogens (tertiary/aromatic N) is 1. The Kier molecular flexibility index (Phi) is 5.39. The van der Waals surface area contributed by atoms with Crippen LogP contribution >= 0.6 is 34.8 Å². The van der Waals surface area contributed by atoms with E-state index in [1.165, 1.54) is 0 Å². The fourth-order valence-electron chi connectivity index (χ4n) is 1.83. The Bertz CT molecular complexity index is 409. The smallest absolute Gasteiger partial charge is 0.139 e. The van der Waals surface area contributed by atoms with Gasteiger partial charge in [0.15, 0.2) is 0 Å². The maximum absolute atomic E-state index is 6.03. The molecule has 0 aromatic heterocycles. The molecule has 1 fully saturated rings. The standard InChI is InChI=1S/C12H15Cl3N2O/c13-9-7-11(15)12(8-10(9)14)18-6-5-17-3-1-16-2-4-17/h7-8,16H,1-6H2. The summed E-state index contributed by atoms with van der Waals surface area (Å²) in [5.41, 5.74) is 0. The van der Waals surface area contributed by atoms with Gasteiger partial charge in [-0.3, -0.25) is 4.90 Å². The zero-order valence-corrected chi connectivity index (χ0v) is 12.2. The Balaban J connectivity index is 1.84. The Labute approximate surface area is 122 Å². The average molecular weight is 310 g/mol. The zero-order chi connectivity index (χ0) is 13.0. The Morgan fingerprint density at radius 1 is 1.06 bits per heavy atom. The van der Waals surface area contributed by atoms with Gasteiger partial charge in [0.1, 0.15) is 12.4 Å². The molecule has 3 nitrogen and oxygen atoms in total. The van der Waals surface area contributed by atoms with Crippen LogP contribution in [0, 0.1) is 0 Å². The molecule has 1 aliphatic rings. The fraction of sp³-hybridized carbons (Fsp3) is 0.500. The minimum absolute atomic E-state index is 0.441. The highest BCUT2D eigenvalue weighted by atomic mass is 35.5. The highest BCUT2D eigenvalue weighted by Gasteiger charge is 2.10. The van der Waals surface area contributed by atoms with Crippen molar-refractivity contribution in [1.29, 1.82) is 0 Å². The summed E-state index contributed by atoms with van der Waals surface area (Å²) in [6.45, 7) is 5.66. The quantitative estimate of drug-likeness (QED) is 0.866. The predicted molar refractivity (Wildman–Crippen MR) is 76.3 cm³/mol. The van der Waals surface area contributed by atoms with E-state index in [0.29, 0.717) is 27.4 Å². The Hall–Kier alpha value is -0.190. The number of nitrogens with one attached hydrogen (secondary N) is 1. The Morgan fingerprint density at radius 2 is 1.72 bits per heavy atom. The zero-order valence-electron chi connectivity index (χ0n) is 9.89. The third-order valence-electron chi connectivity index (χ3n) is 2.85. The fourth-order valence-corrected chi connectivity index (χ4v) is 2.43. The molecule has 0 unspecified atom stereocenters. The molecule has 1 heterocycles. The third kappa shape index (κ3) is 3.90.